The number of methoxy groups -OCH3 is 1. The fourth-order valence-electron chi connectivity index (χ4n) is 3.44. The second kappa shape index (κ2) is 6.18. The van der Waals surface area contributed by atoms with Crippen molar-refractivity contribution >= 4 is 16.0 Å². The number of hydrogen-bond donors (Lipinski definition) is 1. The molecule has 0 aromatic heterocycles. The molecular weight excluding hydrogens is 323 g/mol. The Morgan fingerprint density at radius 3 is 2.78 bits per heavy atom. The average Bonchev–Trinajstić information content (AvgIpc) is 2.79. The Morgan fingerprint density at radius 1 is 1.30 bits per heavy atom. The van der Waals surface area contributed by atoms with E-state index in [9.17, 15) is 17.6 Å². The molecule has 1 aromatic rings. The molecule has 0 amide bonds. The van der Waals surface area contributed by atoms with Gasteiger partial charge in [-0.3, -0.25) is 0 Å². The zero-order valence-electron chi connectivity index (χ0n) is 12.8. The van der Waals surface area contributed by atoms with Gasteiger partial charge in [-0.05, 0) is 44.0 Å². The summed E-state index contributed by atoms with van der Waals surface area (Å²) in [5, 5.41) is 3.23. The molecular formula is C15H19FN2O4S. The summed E-state index contributed by atoms with van der Waals surface area (Å²) in [5.74, 6) is -1.53. The van der Waals surface area contributed by atoms with Crippen LogP contribution in [0.2, 0.25) is 0 Å². The van der Waals surface area contributed by atoms with Crippen LogP contribution in [-0.2, 0) is 14.8 Å². The Hall–Kier alpha value is -1.51. The van der Waals surface area contributed by atoms with Crippen molar-refractivity contribution in [2.24, 2.45) is 0 Å². The smallest absolute Gasteiger partial charge is 0.339 e. The van der Waals surface area contributed by atoms with Crippen LogP contribution in [-0.4, -0.2) is 51.0 Å². The van der Waals surface area contributed by atoms with Crippen LogP contribution >= 0.6 is 0 Å². The number of hydrogen-bond acceptors (Lipinski definition) is 5. The van der Waals surface area contributed by atoms with Crippen molar-refractivity contribution in [2.45, 2.75) is 36.2 Å². The SMILES string of the molecule is COC(=O)c1cc(F)ccc1S(=O)(=O)N1C2CCNCC1CC2. The molecule has 0 spiro atoms. The van der Waals surface area contributed by atoms with Crippen LogP contribution in [0, 0.1) is 5.82 Å². The number of rotatable bonds is 3. The number of sulfonamides is 1. The summed E-state index contributed by atoms with van der Waals surface area (Å²) in [7, 11) is -2.76. The number of carbonyl (C=O) groups is 1. The van der Waals surface area contributed by atoms with Gasteiger partial charge in [-0.25, -0.2) is 17.6 Å². The summed E-state index contributed by atoms with van der Waals surface area (Å²) in [4.78, 5) is 11.7. The first-order valence-corrected chi connectivity index (χ1v) is 9.01. The lowest BCUT2D eigenvalue weighted by Crippen LogP contribution is -2.42. The third-order valence-electron chi connectivity index (χ3n) is 4.49. The van der Waals surface area contributed by atoms with Crippen LogP contribution in [0.5, 0.6) is 0 Å². The monoisotopic (exact) mass is 342 g/mol. The quantitative estimate of drug-likeness (QED) is 0.834. The highest BCUT2D eigenvalue weighted by Crippen LogP contribution is 2.35. The largest absolute Gasteiger partial charge is 0.465 e. The number of nitrogens with one attached hydrogen (secondary N) is 1. The van der Waals surface area contributed by atoms with Gasteiger partial charge in [-0.2, -0.15) is 4.31 Å². The first kappa shape index (κ1) is 16.4. The third-order valence-corrected chi connectivity index (χ3v) is 6.55. The van der Waals surface area contributed by atoms with Gasteiger partial charge in [0, 0.05) is 18.6 Å². The van der Waals surface area contributed by atoms with Gasteiger partial charge in [-0.15, -0.1) is 0 Å². The van der Waals surface area contributed by atoms with E-state index >= 15 is 0 Å². The number of benzene rings is 1. The van der Waals surface area contributed by atoms with Crippen LogP contribution in [0.4, 0.5) is 4.39 Å². The van der Waals surface area contributed by atoms with Gasteiger partial charge in [0.2, 0.25) is 10.0 Å². The van der Waals surface area contributed by atoms with Crippen LogP contribution in [0.25, 0.3) is 0 Å². The molecule has 0 radical (unpaired) electrons. The third kappa shape index (κ3) is 2.86. The van der Waals surface area contributed by atoms with Crippen molar-refractivity contribution in [3.63, 3.8) is 0 Å². The van der Waals surface area contributed by atoms with Crippen LogP contribution in [0.1, 0.15) is 29.6 Å². The fourth-order valence-corrected chi connectivity index (χ4v) is 5.50. The van der Waals surface area contributed by atoms with E-state index in [1.54, 1.807) is 0 Å². The Kier molecular flexibility index (Phi) is 4.39. The van der Waals surface area contributed by atoms with E-state index in [-0.39, 0.29) is 22.5 Å². The number of carbonyl (C=O) groups excluding carboxylic acids is 1. The van der Waals surface area contributed by atoms with Crippen molar-refractivity contribution < 1.29 is 22.3 Å². The lowest BCUT2D eigenvalue weighted by Gasteiger charge is -2.27. The molecule has 2 aliphatic heterocycles. The summed E-state index contributed by atoms with van der Waals surface area (Å²) < 4.78 is 45.8. The van der Waals surface area contributed by atoms with Crippen LogP contribution < -0.4 is 5.32 Å². The number of nitrogens with zero attached hydrogens (tertiary/aromatic N) is 1. The second-order valence-electron chi connectivity index (χ2n) is 5.84. The number of halogens is 1. The molecule has 126 valence electrons. The zero-order chi connectivity index (χ0) is 16.6. The number of esters is 1. The predicted molar refractivity (Wildman–Crippen MR) is 81.1 cm³/mol. The van der Waals surface area contributed by atoms with E-state index < -0.39 is 21.8 Å². The molecule has 2 heterocycles. The van der Waals surface area contributed by atoms with Crippen LogP contribution in [0.3, 0.4) is 0 Å². The minimum Gasteiger partial charge on any atom is -0.465 e. The highest BCUT2D eigenvalue weighted by Gasteiger charge is 2.44. The Balaban J connectivity index is 2.08. The highest BCUT2D eigenvalue weighted by atomic mass is 32.2. The maximum absolute atomic E-state index is 13.5. The Labute approximate surface area is 134 Å². The van der Waals surface area contributed by atoms with Gasteiger partial charge in [-0.1, -0.05) is 0 Å². The molecule has 2 fully saturated rings. The Bertz CT molecular complexity index is 708. The normalized spacial score (nSPS) is 25.1. The molecule has 0 aliphatic carbocycles. The molecule has 23 heavy (non-hydrogen) atoms. The summed E-state index contributed by atoms with van der Waals surface area (Å²) in [5.41, 5.74) is -0.260. The van der Waals surface area contributed by atoms with Gasteiger partial charge < -0.3 is 10.1 Å². The van der Waals surface area contributed by atoms with Crippen molar-refractivity contribution in [1.82, 2.24) is 9.62 Å². The second-order valence-corrected chi connectivity index (χ2v) is 7.66. The van der Waals surface area contributed by atoms with Gasteiger partial charge in [0.15, 0.2) is 0 Å². The molecule has 2 atom stereocenters. The molecule has 0 saturated carbocycles. The summed E-state index contributed by atoms with van der Waals surface area (Å²) in [6.45, 7) is 1.35. The van der Waals surface area contributed by atoms with Crippen molar-refractivity contribution in [3.8, 4) is 0 Å². The predicted octanol–water partition coefficient (Wildman–Crippen LogP) is 1.13. The topological polar surface area (TPSA) is 75.7 Å². The van der Waals surface area contributed by atoms with E-state index in [2.05, 4.69) is 10.1 Å². The standard InChI is InChI=1S/C15H19FN2O4S/c1-22-15(19)13-8-10(16)2-5-14(13)23(20,21)18-11-3-4-12(18)9-17-7-6-11/h2,5,8,11-12,17H,3-4,6-7,9H2,1H3. The van der Waals surface area contributed by atoms with Gasteiger partial charge >= 0.3 is 5.97 Å². The van der Waals surface area contributed by atoms with Gasteiger partial charge in [0.05, 0.1) is 17.6 Å². The fraction of sp³-hybridized carbons (Fsp3) is 0.533. The van der Waals surface area contributed by atoms with Crippen LogP contribution in [0.15, 0.2) is 23.1 Å². The summed E-state index contributed by atoms with van der Waals surface area (Å²) in [6, 6.07) is 2.89. The molecule has 1 aromatic carbocycles. The maximum Gasteiger partial charge on any atom is 0.339 e. The summed E-state index contributed by atoms with van der Waals surface area (Å²) >= 11 is 0. The molecule has 8 heteroatoms. The zero-order valence-corrected chi connectivity index (χ0v) is 13.6. The average molecular weight is 342 g/mol. The van der Waals surface area contributed by atoms with Crippen molar-refractivity contribution in [2.75, 3.05) is 20.2 Å². The minimum atomic E-state index is -3.90. The summed E-state index contributed by atoms with van der Waals surface area (Å²) in [6.07, 6.45) is 2.32. The van der Waals surface area contributed by atoms with Gasteiger partial charge in [0.25, 0.3) is 0 Å². The molecule has 3 rings (SSSR count). The van der Waals surface area contributed by atoms with E-state index in [4.69, 9.17) is 0 Å². The van der Waals surface area contributed by atoms with E-state index in [1.807, 2.05) is 0 Å². The highest BCUT2D eigenvalue weighted by molar-refractivity contribution is 7.89. The lowest BCUT2D eigenvalue weighted by atomic mass is 10.1. The van der Waals surface area contributed by atoms with Crippen molar-refractivity contribution in [3.05, 3.63) is 29.6 Å². The van der Waals surface area contributed by atoms with E-state index in [1.165, 1.54) is 4.31 Å². The first-order chi connectivity index (χ1) is 10.9. The molecule has 2 aliphatic rings. The maximum atomic E-state index is 13.5. The molecule has 2 bridgehead atoms. The van der Waals surface area contributed by atoms with Gasteiger partial charge in [0.1, 0.15) is 5.82 Å². The number of ether oxygens (including phenoxy) is 1. The minimum absolute atomic E-state index is 0.0875. The number of fused-ring (bicyclic) bond motifs is 2. The lowest BCUT2D eigenvalue weighted by molar-refractivity contribution is 0.0595. The van der Waals surface area contributed by atoms with Crippen molar-refractivity contribution in [1.29, 1.82) is 0 Å². The molecule has 6 nitrogen and oxygen atoms in total. The molecule has 2 unspecified atom stereocenters. The molecule has 1 N–H and O–H groups in total. The Morgan fingerprint density at radius 2 is 2.04 bits per heavy atom. The first-order valence-electron chi connectivity index (χ1n) is 7.57. The van der Waals surface area contributed by atoms with E-state index in [0.29, 0.717) is 6.54 Å². The van der Waals surface area contributed by atoms with E-state index in [0.717, 1.165) is 51.1 Å². The molecule has 2 saturated heterocycles.